The number of rotatable bonds is 6. The van der Waals surface area contributed by atoms with Gasteiger partial charge in [0.1, 0.15) is 0 Å². The average molecular weight is 471 g/mol. The van der Waals surface area contributed by atoms with Gasteiger partial charge in [-0.05, 0) is 72.9 Å². The highest BCUT2D eigenvalue weighted by molar-refractivity contribution is 6.04. The Hall–Kier alpha value is -3.93. The molecule has 3 aromatic carbocycles. The van der Waals surface area contributed by atoms with Gasteiger partial charge in [-0.3, -0.25) is 4.79 Å². The van der Waals surface area contributed by atoms with Crippen molar-refractivity contribution in [1.29, 1.82) is 0 Å². The largest absolute Gasteiger partial charge is 0.493 e. The van der Waals surface area contributed by atoms with Crippen LogP contribution in [0.2, 0.25) is 0 Å². The van der Waals surface area contributed by atoms with Crippen molar-refractivity contribution in [2.24, 2.45) is 5.92 Å². The Morgan fingerprint density at radius 1 is 0.971 bits per heavy atom. The van der Waals surface area contributed by atoms with Crippen molar-refractivity contribution in [3.8, 4) is 17.2 Å². The number of nitrogens with one attached hydrogen (secondary N) is 2. The molecule has 0 spiro atoms. The highest BCUT2D eigenvalue weighted by Crippen LogP contribution is 2.52. The van der Waals surface area contributed by atoms with Gasteiger partial charge in [-0.1, -0.05) is 29.8 Å². The highest BCUT2D eigenvalue weighted by atomic mass is 16.5. The lowest BCUT2D eigenvalue weighted by atomic mass is 9.77. The molecule has 3 atom stereocenters. The maximum Gasteiger partial charge on any atom is 0.255 e. The van der Waals surface area contributed by atoms with Crippen LogP contribution < -0.4 is 24.8 Å². The number of ether oxygens (including phenoxy) is 3. The van der Waals surface area contributed by atoms with Crippen molar-refractivity contribution < 1.29 is 19.0 Å². The molecule has 0 bridgehead atoms. The van der Waals surface area contributed by atoms with Crippen LogP contribution in [-0.4, -0.2) is 27.2 Å². The molecule has 1 aliphatic heterocycles. The SMILES string of the molecule is COc1cc(C2Nc3ccc(NC(=O)c4cccc(C)c4)cc3C3C=CCC32)cc(OC)c1OC. The molecule has 3 aromatic rings. The Bertz CT molecular complexity index is 1270. The fourth-order valence-electron chi connectivity index (χ4n) is 5.27. The first kappa shape index (κ1) is 22.8. The topological polar surface area (TPSA) is 68.8 Å². The lowest BCUT2D eigenvalue weighted by Gasteiger charge is -2.38. The zero-order valence-electron chi connectivity index (χ0n) is 20.4. The summed E-state index contributed by atoms with van der Waals surface area (Å²) in [5, 5.41) is 6.80. The molecule has 2 aliphatic rings. The highest BCUT2D eigenvalue weighted by Gasteiger charge is 2.38. The average Bonchev–Trinajstić information content (AvgIpc) is 3.37. The van der Waals surface area contributed by atoms with E-state index in [-0.39, 0.29) is 17.9 Å². The summed E-state index contributed by atoms with van der Waals surface area (Å²) in [5.41, 5.74) is 5.84. The third kappa shape index (κ3) is 4.20. The van der Waals surface area contributed by atoms with Gasteiger partial charge < -0.3 is 24.8 Å². The smallest absolute Gasteiger partial charge is 0.255 e. The molecular formula is C29H30N2O4. The van der Waals surface area contributed by atoms with Gasteiger partial charge in [0.15, 0.2) is 11.5 Å². The van der Waals surface area contributed by atoms with Gasteiger partial charge in [0.25, 0.3) is 5.91 Å². The number of hydrogen-bond acceptors (Lipinski definition) is 5. The minimum Gasteiger partial charge on any atom is -0.493 e. The summed E-state index contributed by atoms with van der Waals surface area (Å²) in [4.78, 5) is 12.8. The molecule has 1 amide bonds. The molecule has 0 saturated heterocycles. The minimum atomic E-state index is -0.105. The molecular weight excluding hydrogens is 440 g/mol. The van der Waals surface area contributed by atoms with Crippen LogP contribution in [-0.2, 0) is 0 Å². The fraction of sp³-hybridized carbons (Fsp3) is 0.276. The predicted octanol–water partition coefficient (Wildman–Crippen LogP) is 6.10. The Balaban J connectivity index is 1.46. The molecule has 0 aromatic heterocycles. The van der Waals surface area contributed by atoms with Crippen molar-refractivity contribution >= 4 is 17.3 Å². The van der Waals surface area contributed by atoms with Crippen LogP contribution in [0.1, 0.15) is 45.4 Å². The van der Waals surface area contributed by atoms with Crippen molar-refractivity contribution in [3.63, 3.8) is 0 Å². The number of amides is 1. The predicted molar refractivity (Wildman–Crippen MR) is 138 cm³/mol. The second-order valence-electron chi connectivity index (χ2n) is 9.06. The van der Waals surface area contributed by atoms with Gasteiger partial charge >= 0.3 is 0 Å². The molecule has 2 N–H and O–H groups in total. The molecule has 0 radical (unpaired) electrons. The molecule has 180 valence electrons. The van der Waals surface area contributed by atoms with Crippen molar-refractivity contribution in [1.82, 2.24) is 0 Å². The Labute approximate surface area is 205 Å². The van der Waals surface area contributed by atoms with Gasteiger partial charge in [-0.25, -0.2) is 0 Å². The summed E-state index contributed by atoms with van der Waals surface area (Å²) in [6.07, 6.45) is 5.48. The van der Waals surface area contributed by atoms with Crippen LogP contribution in [0.3, 0.4) is 0 Å². The summed E-state index contributed by atoms with van der Waals surface area (Å²) in [6, 6.07) is 17.8. The molecule has 5 rings (SSSR count). The molecule has 6 nitrogen and oxygen atoms in total. The number of benzene rings is 3. The second kappa shape index (κ2) is 9.37. The maximum absolute atomic E-state index is 12.8. The van der Waals surface area contributed by atoms with Crippen LogP contribution in [0.25, 0.3) is 0 Å². The van der Waals surface area contributed by atoms with Crippen molar-refractivity contribution in [2.75, 3.05) is 32.0 Å². The molecule has 0 fully saturated rings. The summed E-state index contributed by atoms with van der Waals surface area (Å²) in [5.74, 6) is 2.34. The summed E-state index contributed by atoms with van der Waals surface area (Å²) >= 11 is 0. The fourth-order valence-corrected chi connectivity index (χ4v) is 5.27. The van der Waals surface area contributed by atoms with E-state index in [0.29, 0.717) is 28.7 Å². The Kier molecular flexibility index (Phi) is 6.12. The lowest BCUT2D eigenvalue weighted by molar-refractivity contribution is 0.102. The number of carbonyl (C=O) groups excluding carboxylic acids is 1. The molecule has 0 saturated carbocycles. The normalized spacial score (nSPS) is 19.8. The van der Waals surface area contributed by atoms with E-state index in [1.165, 1.54) is 5.56 Å². The first-order valence-electron chi connectivity index (χ1n) is 11.8. The summed E-state index contributed by atoms with van der Waals surface area (Å²) in [6.45, 7) is 1.98. The molecule has 35 heavy (non-hydrogen) atoms. The van der Waals surface area contributed by atoms with Crippen LogP contribution >= 0.6 is 0 Å². The van der Waals surface area contributed by atoms with E-state index >= 15 is 0 Å². The van der Waals surface area contributed by atoms with E-state index in [4.69, 9.17) is 14.2 Å². The van der Waals surface area contributed by atoms with Gasteiger partial charge in [0.2, 0.25) is 5.75 Å². The van der Waals surface area contributed by atoms with Crippen molar-refractivity contribution in [3.05, 3.63) is 89.0 Å². The second-order valence-corrected chi connectivity index (χ2v) is 9.06. The zero-order valence-corrected chi connectivity index (χ0v) is 20.4. The van der Waals surface area contributed by atoms with E-state index in [1.54, 1.807) is 21.3 Å². The third-order valence-electron chi connectivity index (χ3n) is 6.95. The lowest BCUT2D eigenvalue weighted by Crippen LogP contribution is -2.29. The minimum absolute atomic E-state index is 0.0731. The van der Waals surface area contributed by atoms with Crippen LogP contribution in [0.15, 0.2) is 66.7 Å². The third-order valence-corrected chi connectivity index (χ3v) is 6.95. The number of anilines is 2. The first-order valence-corrected chi connectivity index (χ1v) is 11.8. The monoisotopic (exact) mass is 470 g/mol. The van der Waals surface area contributed by atoms with Gasteiger partial charge in [-0.2, -0.15) is 0 Å². The summed E-state index contributed by atoms with van der Waals surface area (Å²) < 4.78 is 16.7. The number of fused-ring (bicyclic) bond motifs is 3. The standard InChI is InChI=1S/C29H30N2O4/c1-17-7-5-8-18(13-17)29(32)30-20-11-12-24-23(16-20)21-9-6-10-22(21)27(31-24)19-14-25(33-2)28(35-4)26(15-19)34-3/h5-9,11-16,21-22,27,31H,10H2,1-4H3,(H,30,32). The van der Waals surface area contributed by atoms with E-state index in [0.717, 1.165) is 28.9 Å². The van der Waals surface area contributed by atoms with Crippen LogP contribution in [0.4, 0.5) is 11.4 Å². The maximum atomic E-state index is 12.8. The number of hydrogen-bond donors (Lipinski definition) is 2. The van der Waals surface area contributed by atoms with E-state index in [9.17, 15) is 4.79 Å². The number of allylic oxidation sites excluding steroid dienone is 2. The molecule has 1 heterocycles. The Morgan fingerprint density at radius 3 is 2.43 bits per heavy atom. The molecule has 6 heteroatoms. The van der Waals surface area contributed by atoms with Crippen molar-refractivity contribution in [2.45, 2.75) is 25.3 Å². The van der Waals surface area contributed by atoms with Gasteiger partial charge in [0.05, 0.1) is 27.4 Å². The summed E-state index contributed by atoms with van der Waals surface area (Å²) in [7, 11) is 4.88. The Morgan fingerprint density at radius 2 is 1.74 bits per heavy atom. The number of methoxy groups -OCH3 is 3. The van der Waals surface area contributed by atoms with E-state index in [2.05, 4.69) is 34.9 Å². The zero-order chi connectivity index (χ0) is 24.5. The first-order chi connectivity index (χ1) is 17.0. The quantitative estimate of drug-likeness (QED) is 0.426. The molecule has 3 unspecified atom stereocenters. The van der Waals surface area contributed by atoms with E-state index in [1.807, 2.05) is 49.4 Å². The van der Waals surface area contributed by atoms with Gasteiger partial charge in [0, 0.05) is 22.9 Å². The van der Waals surface area contributed by atoms with Crippen LogP contribution in [0, 0.1) is 12.8 Å². The number of carbonyl (C=O) groups is 1. The molecule has 1 aliphatic carbocycles. The van der Waals surface area contributed by atoms with E-state index < -0.39 is 0 Å². The van der Waals surface area contributed by atoms with Crippen LogP contribution in [0.5, 0.6) is 17.2 Å². The number of aryl methyl sites for hydroxylation is 1. The van der Waals surface area contributed by atoms with Gasteiger partial charge in [-0.15, -0.1) is 0 Å².